The lowest BCUT2D eigenvalue weighted by molar-refractivity contribution is -0.139. The van der Waals surface area contributed by atoms with Crippen molar-refractivity contribution in [3.8, 4) is 5.75 Å². The van der Waals surface area contributed by atoms with Crippen LogP contribution in [0.25, 0.3) is 0 Å². The number of hydrogen-bond donors (Lipinski definition) is 1. The van der Waals surface area contributed by atoms with Gasteiger partial charge in [-0.15, -0.1) is 0 Å². The lowest BCUT2D eigenvalue weighted by Gasteiger charge is -2.28. The molecule has 0 radical (unpaired) electrons. The fourth-order valence-electron chi connectivity index (χ4n) is 2.18. The molecule has 0 fully saturated rings. The highest BCUT2D eigenvalue weighted by molar-refractivity contribution is 5.96. The summed E-state index contributed by atoms with van der Waals surface area (Å²) in [7, 11) is 0. The van der Waals surface area contributed by atoms with Crippen molar-refractivity contribution in [3.63, 3.8) is 0 Å². The van der Waals surface area contributed by atoms with Crippen molar-refractivity contribution in [1.82, 2.24) is 0 Å². The average molecular weight is 275 g/mol. The Morgan fingerprint density at radius 1 is 1.45 bits per heavy atom. The molecule has 0 aromatic heterocycles. The number of anilines is 1. The fourth-order valence-corrected chi connectivity index (χ4v) is 2.18. The minimum atomic E-state index is -1.01. The van der Waals surface area contributed by atoms with Crippen molar-refractivity contribution in [3.05, 3.63) is 35.9 Å². The number of carboxylic acid groups (broad SMARTS) is 1. The van der Waals surface area contributed by atoms with Gasteiger partial charge in [-0.2, -0.15) is 0 Å². The summed E-state index contributed by atoms with van der Waals surface area (Å²) in [6.07, 6.45) is 4.96. The summed E-state index contributed by atoms with van der Waals surface area (Å²) in [5, 5.41) is 8.60. The Hall–Kier alpha value is -2.30. The van der Waals surface area contributed by atoms with E-state index < -0.39 is 5.97 Å². The molecule has 0 spiro atoms. The molecule has 106 valence electrons. The zero-order valence-corrected chi connectivity index (χ0v) is 11.3. The first-order valence-electron chi connectivity index (χ1n) is 6.51. The highest BCUT2D eigenvalue weighted by Crippen LogP contribution is 2.31. The van der Waals surface area contributed by atoms with Crippen molar-refractivity contribution < 1.29 is 19.4 Å². The van der Waals surface area contributed by atoms with Gasteiger partial charge in [0.05, 0.1) is 0 Å². The molecule has 0 atom stereocenters. The summed E-state index contributed by atoms with van der Waals surface area (Å²) in [6.45, 7) is 2.11. The Balaban J connectivity index is 2.21. The number of rotatable bonds is 5. The second-order valence-electron chi connectivity index (χ2n) is 4.55. The SMILES string of the molecule is C/C=C/CN1C(=O)CCc2cc(OCC(=O)O)ccc21. The van der Waals surface area contributed by atoms with Gasteiger partial charge >= 0.3 is 5.97 Å². The number of hydrogen-bond acceptors (Lipinski definition) is 3. The number of amides is 1. The molecule has 1 aliphatic rings. The summed E-state index contributed by atoms with van der Waals surface area (Å²) in [5.74, 6) is -0.381. The molecular formula is C15H17NO4. The number of fused-ring (bicyclic) bond motifs is 1. The zero-order valence-electron chi connectivity index (χ0n) is 11.3. The standard InChI is InChI=1S/C15H17NO4/c1-2-3-8-16-13-6-5-12(20-10-15(18)19)9-11(13)4-7-14(16)17/h2-3,5-6,9H,4,7-8,10H2,1H3,(H,18,19)/b3-2+. The van der Waals surface area contributed by atoms with E-state index in [-0.39, 0.29) is 12.5 Å². The minimum absolute atomic E-state index is 0.106. The minimum Gasteiger partial charge on any atom is -0.482 e. The van der Waals surface area contributed by atoms with Crippen LogP contribution in [-0.4, -0.2) is 30.1 Å². The van der Waals surface area contributed by atoms with Crippen molar-refractivity contribution in [2.45, 2.75) is 19.8 Å². The topological polar surface area (TPSA) is 66.8 Å². The van der Waals surface area contributed by atoms with Gasteiger partial charge in [0.15, 0.2) is 6.61 Å². The van der Waals surface area contributed by atoms with E-state index in [9.17, 15) is 9.59 Å². The van der Waals surface area contributed by atoms with E-state index in [2.05, 4.69) is 0 Å². The maximum atomic E-state index is 11.9. The summed E-state index contributed by atoms with van der Waals surface area (Å²) in [6, 6.07) is 5.32. The Labute approximate surface area is 117 Å². The van der Waals surface area contributed by atoms with Crippen LogP contribution < -0.4 is 9.64 Å². The van der Waals surface area contributed by atoms with Crippen LogP contribution in [0.4, 0.5) is 5.69 Å². The van der Waals surface area contributed by atoms with Crippen molar-refractivity contribution >= 4 is 17.6 Å². The van der Waals surface area contributed by atoms with Crippen LogP contribution >= 0.6 is 0 Å². The van der Waals surface area contributed by atoms with Gasteiger partial charge in [-0.05, 0) is 37.1 Å². The molecule has 5 heteroatoms. The van der Waals surface area contributed by atoms with Crippen LogP contribution in [0.15, 0.2) is 30.4 Å². The Bertz CT molecular complexity index is 551. The molecule has 1 heterocycles. The Kier molecular flexibility index (Phi) is 4.40. The van der Waals surface area contributed by atoms with Gasteiger partial charge in [0.2, 0.25) is 5.91 Å². The van der Waals surface area contributed by atoms with Gasteiger partial charge in [0.25, 0.3) is 0 Å². The second-order valence-corrected chi connectivity index (χ2v) is 4.55. The van der Waals surface area contributed by atoms with E-state index in [1.165, 1.54) is 0 Å². The van der Waals surface area contributed by atoms with Gasteiger partial charge in [-0.1, -0.05) is 12.2 Å². The Morgan fingerprint density at radius 2 is 2.25 bits per heavy atom. The van der Waals surface area contributed by atoms with Gasteiger partial charge < -0.3 is 14.7 Å². The van der Waals surface area contributed by atoms with Crippen molar-refractivity contribution in [2.75, 3.05) is 18.1 Å². The summed E-state index contributed by atoms with van der Waals surface area (Å²) >= 11 is 0. The summed E-state index contributed by atoms with van der Waals surface area (Å²) < 4.78 is 5.16. The molecule has 1 aromatic rings. The third kappa shape index (κ3) is 3.17. The molecule has 0 unspecified atom stereocenters. The first kappa shape index (κ1) is 14.1. The number of nitrogens with zero attached hydrogens (tertiary/aromatic N) is 1. The predicted octanol–water partition coefficient (Wildman–Crippen LogP) is 2.01. The van der Waals surface area contributed by atoms with Crippen LogP contribution in [0, 0.1) is 0 Å². The maximum absolute atomic E-state index is 11.9. The lowest BCUT2D eigenvalue weighted by Crippen LogP contribution is -2.35. The van der Waals surface area contributed by atoms with E-state index in [0.717, 1.165) is 11.3 Å². The van der Waals surface area contributed by atoms with Crippen LogP contribution in [0.1, 0.15) is 18.9 Å². The van der Waals surface area contributed by atoms with E-state index in [0.29, 0.717) is 25.1 Å². The fraction of sp³-hybridized carbons (Fsp3) is 0.333. The molecule has 5 nitrogen and oxygen atoms in total. The molecule has 0 bridgehead atoms. The van der Waals surface area contributed by atoms with Gasteiger partial charge in [0.1, 0.15) is 5.75 Å². The molecule has 1 N–H and O–H groups in total. The second kappa shape index (κ2) is 6.23. The smallest absolute Gasteiger partial charge is 0.341 e. The molecule has 20 heavy (non-hydrogen) atoms. The molecule has 1 amide bonds. The summed E-state index contributed by atoms with van der Waals surface area (Å²) in [5.41, 5.74) is 1.89. The molecule has 0 saturated heterocycles. The number of aliphatic carboxylic acids is 1. The summed E-state index contributed by atoms with van der Waals surface area (Å²) in [4.78, 5) is 24.2. The lowest BCUT2D eigenvalue weighted by atomic mass is 10.0. The third-order valence-corrected chi connectivity index (χ3v) is 3.14. The largest absolute Gasteiger partial charge is 0.482 e. The third-order valence-electron chi connectivity index (χ3n) is 3.14. The van der Waals surface area contributed by atoms with Gasteiger partial charge in [-0.3, -0.25) is 4.79 Å². The first-order valence-corrected chi connectivity index (χ1v) is 6.51. The predicted molar refractivity (Wildman–Crippen MR) is 75.1 cm³/mol. The zero-order chi connectivity index (χ0) is 14.5. The van der Waals surface area contributed by atoms with Crippen LogP contribution in [0.3, 0.4) is 0 Å². The normalized spacial score (nSPS) is 14.4. The number of carbonyl (C=O) groups excluding carboxylic acids is 1. The van der Waals surface area contributed by atoms with E-state index in [1.54, 1.807) is 11.0 Å². The highest BCUT2D eigenvalue weighted by Gasteiger charge is 2.23. The number of ether oxygens (including phenoxy) is 1. The molecule has 2 rings (SSSR count). The van der Waals surface area contributed by atoms with E-state index >= 15 is 0 Å². The van der Waals surface area contributed by atoms with Crippen molar-refractivity contribution in [2.24, 2.45) is 0 Å². The number of allylic oxidation sites excluding steroid dienone is 1. The molecule has 0 aliphatic carbocycles. The van der Waals surface area contributed by atoms with Gasteiger partial charge in [0, 0.05) is 18.7 Å². The van der Waals surface area contributed by atoms with Crippen molar-refractivity contribution in [1.29, 1.82) is 0 Å². The molecular weight excluding hydrogens is 258 g/mol. The molecule has 0 saturated carbocycles. The number of benzene rings is 1. The average Bonchev–Trinajstić information content (AvgIpc) is 2.44. The highest BCUT2D eigenvalue weighted by atomic mass is 16.5. The number of carboxylic acids is 1. The molecule has 1 aliphatic heterocycles. The van der Waals surface area contributed by atoms with Gasteiger partial charge in [-0.25, -0.2) is 4.79 Å². The number of carbonyl (C=O) groups is 2. The number of aryl methyl sites for hydroxylation is 1. The Morgan fingerprint density at radius 3 is 2.95 bits per heavy atom. The maximum Gasteiger partial charge on any atom is 0.341 e. The quantitative estimate of drug-likeness (QED) is 0.835. The van der Waals surface area contributed by atoms with Crippen LogP contribution in [0.5, 0.6) is 5.75 Å². The van der Waals surface area contributed by atoms with E-state index in [1.807, 2.05) is 31.2 Å². The molecule has 1 aromatic carbocycles. The monoisotopic (exact) mass is 275 g/mol. The van der Waals surface area contributed by atoms with Crippen LogP contribution in [-0.2, 0) is 16.0 Å². The first-order chi connectivity index (χ1) is 9.61. The van der Waals surface area contributed by atoms with Crippen LogP contribution in [0.2, 0.25) is 0 Å². The van der Waals surface area contributed by atoms with E-state index in [4.69, 9.17) is 9.84 Å².